The molecule has 0 saturated heterocycles. The Morgan fingerprint density at radius 3 is 2.07 bits per heavy atom. The van der Waals surface area contributed by atoms with E-state index >= 15 is 0 Å². The van der Waals surface area contributed by atoms with Gasteiger partial charge < -0.3 is 10.2 Å². The first kappa shape index (κ1) is 22.1. The number of hydrogen-bond donors (Lipinski definition) is 2. The maximum absolute atomic E-state index is 12.5. The molecule has 152 valence electrons. The van der Waals surface area contributed by atoms with Crippen LogP contribution in [0.1, 0.15) is 34.5 Å². The molecule has 0 heterocycles. The van der Waals surface area contributed by atoms with Crippen LogP contribution in [0.15, 0.2) is 53.4 Å². The first-order valence-corrected chi connectivity index (χ1v) is 10.8. The number of likely N-dealkylation sites (N-methyl/N-ethyl adjacent to an activating group) is 1. The fourth-order valence-corrected chi connectivity index (χ4v) is 3.83. The molecule has 0 aliphatic carbocycles. The smallest absolute Gasteiger partial charge is 0.251 e. The molecule has 6 nitrogen and oxygen atoms in total. The van der Waals surface area contributed by atoms with Crippen molar-refractivity contribution in [3.63, 3.8) is 0 Å². The number of quaternary nitrogens is 1. The van der Waals surface area contributed by atoms with E-state index in [1.165, 1.54) is 42.3 Å². The zero-order valence-corrected chi connectivity index (χ0v) is 18.0. The number of hydrogen-bond acceptors (Lipinski definition) is 3. The van der Waals surface area contributed by atoms with Crippen molar-refractivity contribution in [1.82, 2.24) is 9.62 Å². The molecule has 0 aromatic heterocycles. The molecule has 2 aromatic carbocycles. The fraction of sp³-hybridized carbons (Fsp3) is 0.381. The number of sulfonamides is 1. The number of carbonyl (C=O) groups excluding carboxylic acids is 1. The molecule has 0 bridgehead atoms. The second-order valence-electron chi connectivity index (χ2n) is 7.25. The molecule has 28 heavy (non-hydrogen) atoms. The summed E-state index contributed by atoms with van der Waals surface area (Å²) in [5.41, 5.74) is 2.89. The number of aryl methyl sites for hydroxylation is 1. The highest BCUT2D eigenvalue weighted by Crippen LogP contribution is 2.15. The first-order valence-electron chi connectivity index (χ1n) is 9.36. The van der Waals surface area contributed by atoms with Crippen LogP contribution < -0.4 is 10.2 Å². The topological polar surface area (TPSA) is 70.9 Å². The van der Waals surface area contributed by atoms with Crippen LogP contribution >= 0.6 is 0 Å². The number of amides is 1. The third-order valence-electron chi connectivity index (χ3n) is 4.85. The van der Waals surface area contributed by atoms with E-state index in [4.69, 9.17) is 0 Å². The van der Waals surface area contributed by atoms with Crippen molar-refractivity contribution in [2.75, 3.05) is 34.7 Å². The van der Waals surface area contributed by atoms with Gasteiger partial charge in [-0.1, -0.05) is 31.2 Å². The van der Waals surface area contributed by atoms with Gasteiger partial charge in [0.1, 0.15) is 6.04 Å². The lowest BCUT2D eigenvalue weighted by atomic mass is 10.0. The lowest BCUT2D eigenvalue weighted by Crippen LogP contribution is -3.07. The highest BCUT2D eigenvalue weighted by molar-refractivity contribution is 7.89. The SMILES string of the molecule is CCc1ccc([C@H](CNC(=O)c2ccc(S(=O)(=O)N(C)C)cc2)[NH+](C)C)cc1. The van der Waals surface area contributed by atoms with Gasteiger partial charge in [0, 0.05) is 25.2 Å². The summed E-state index contributed by atoms with van der Waals surface area (Å²) in [7, 11) is 3.58. The Kier molecular flexibility index (Phi) is 7.35. The largest absolute Gasteiger partial charge is 0.346 e. The van der Waals surface area contributed by atoms with Gasteiger partial charge in [0.25, 0.3) is 5.91 Å². The van der Waals surface area contributed by atoms with E-state index in [9.17, 15) is 13.2 Å². The molecule has 0 aliphatic heterocycles. The van der Waals surface area contributed by atoms with E-state index in [0.717, 1.165) is 10.7 Å². The third kappa shape index (κ3) is 5.19. The number of nitrogens with one attached hydrogen (secondary N) is 2. The minimum absolute atomic E-state index is 0.128. The molecule has 0 fully saturated rings. The highest BCUT2D eigenvalue weighted by Gasteiger charge is 2.20. The molecule has 0 radical (unpaired) electrons. The van der Waals surface area contributed by atoms with Gasteiger partial charge in [0.2, 0.25) is 10.0 Å². The van der Waals surface area contributed by atoms with Gasteiger partial charge in [-0.15, -0.1) is 0 Å². The van der Waals surface area contributed by atoms with Crippen LogP contribution in [0.5, 0.6) is 0 Å². The van der Waals surface area contributed by atoms with Gasteiger partial charge in [-0.3, -0.25) is 4.79 Å². The average Bonchev–Trinajstić information content (AvgIpc) is 2.68. The summed E-state index contributed by atoms with van der Waals surface area (Å²) in [6.07, 6.45) is 0.996. The Hall–Kier alpha value is -2.22. The molecule has 2 N–H and O–H groups in total. The summed E-state index contributed by atoms with van der Waals surface area (Å²) in [5, 5.41) is 2.97. The maximum Gasteiger partial charge on any atom is 0.251 e. The molecular weight excluding hydrogens is 374 g/mol. The van der Waals surface area contributed by atoms with Crippen LogP contribution in [0.3, 0.4) is 0 Å². The van der Waals surface area contributed by atoms with Crippen molar-refractivity contribution in [1.29, 1.82) is 0 Å². The van der Waals surface area contributed by atoms with Gasteiger partial charge in [0.05, 0.1) is 25.5 Å². The van der Waals surface area contributed by atoms with Crippen molar-refractivity contribution in [3.05, 3.63) is 65.2 Å². The summed E-state index contributed by atoms with van der Waals surface area (Å²) >= 11 is 0. The highest BCUT2D eigenvalue weighted by atomic mass is 32.2. The number of benzene rings is 2. The summed E-state index contributed by atoms with van der Waals surface area (Å²) in [6, 6.07) is 14.6. The zero-order chi connectivity index (χ0) is 20.9. The van der Waals surface area contributed by atoms with E-state index < -0.39 is 10.0 Å². The van der Waals surface area contributed by atoms with Crippen molar-refractivity contribution in [2.45, 2.75) is 24.3 Å². The van der Waals surface area contributed by atoms with Gasteiger partial charge in [-0.05, 0) is 36.2 Å². The van der Waals surface area contributed by atoms with Crippen LogP contribution in [0, 0.1) is 0 Å². The molecule has 0 unspecified atom stereocenters. The number of nitrogens with zero attached hydrogens (tertiary/aromatic N) is 1. The molecule has 0 saturated carbocycles. The minimum atomic E-state index is -3.50. The van der Waals surface area contributed by atoms with Crippen LogP contribution in [0.2, 0.25) is 0 Å². The Morgan fingerprint density at radius 1 is 1.04 bits per heavy atom. The normalized spacial score (nSPS) is 13.0. The third-order valence-corrected chi connectivity index (χ3v) is 6.68. The minimum Gasteiger partial charge on any atom is -0.346 e. The van der Waals surface area contributed by atoms with E-state index in [0.29, 0.717) is 12.1 Å². The molecule has 0 aliphatic rings. The van der Waals surface area contributed by atoms with E-state index in [1.54, 1.807) is 12.1 Å². The standard InChI is InChI=1S/C21H29N3O3S/c1-6-16-7-9-17(10-8-16)20(23(2)3)15-22-21(25)18-11-13-19(14-12-18)28(26,27)24(4)5/h7-14,20H,6,15H2,1-5H3,(H,22,25)/p+1/t20-/m0/s1. The van der Waals surface area contributed by atoms with E-state index in [-0.39, 0.29) is 16.8 Å². The van der Waals surface area contributed by atoms with Gasteiger partial charge >= 0.3 is 0 Å². The maximum atomic E-state index is 12.5. The van der Waals surface area contributed by atoms with Crippen molar-refractivity contribution in [3.8, 4) is 0 Å². The lowest BCUT2D eigenvalue weighted by molar-refractivity contribution is -0.890. The second kappa shape index (κ2) is 9.32. The molecular formula is C21H30N3O3S+. The molecule has 7 heteroatoms. The van der Waals surface area contributed by atoms with Crippen molar-refractivity contribution >= 4 is 15.9 Å². The quantitative estimate of drug-likeness (QED) is 0.693. The van der Waals surface area contributed by atoms with Gasteiger partial charge in [0.15, 0.2) is 0 Å². The number of carbonyl (C=O) groups is 1. The van der Waals surface area contributed by atoms with Crippen molar-refractivity contribution < 1.29 is 18.1 Å². The first-order chi connectivity index (χ1) is 13.2. The van der Waals surface area contributed by atoms with Crippen LogP contribution in [0.25, 0.3) is 0 Å². The fourth-order valence-electron chi connectivity index (χ4n) is 2.93. The van der Waals surface area contributed by atoms with E-state index in [1.807, 2.05) is 0 Å². The molecule has 2 aromatic rings. The van der Waals surface area contributed by atoms with Crippen LogP contribution in [-0.4, -0.2) is 53.4 Å². The summed E-state index contributed by atoms with van der Waals surface area (Å²) in [5.74, 6) is -0.217. The van der Waals surface area contributed by atoms with Crippen LogP contribution in [0.4, 0.5) is 0 Å². The molecule has 2 rings (SSSR count). The Bertz CT molecular complexity index is 889. The molecule has 0 spiro atoms. The average molecular weight is 405 g/mol. The Balaban J connectivity index is 2.08. The summed E-state index contributed by atoms with van der Waals surface area (Å²) < 4.78 is 25.4. The summed E-state index contributed by atoms with van der Waals surface area (Å²) in [4.78, 5) is 13.9. The summed E-state index contributed by atoms with van der Waals surface area (Å²) in [6.45, 7) is 2.61. The van der Waals surface area contributed by atoms with E-state index in [2.05, 4.69) is 50.6 Å². The molecule has 1 atom stereocenters. The van der Waals surface area contributed by atoms with Gasteiger partial charge in [-0.2, -0.15) is 0 Å². The lowest BCUT2D eigenvalue weighted by Gasteiger charge is -2.22. The van der Waals surface area contributed by atoms with Crippen molar-refractivity contribution in [2.24, 2.45) is 0 Å². The Labute approximate surface area is 168 Å². The van der Waals surface area contributed by atoms with Gasteiger partial charge in [-0.25, -0.2) is 12.7 Å². The number of rotatable bonds is 8. The second-order valence-corrected chi connectivity index (χ2v) is 9.40. The predicted molar refractivity (Wildman–Crippen MR) is 111 cm³/mol. The molecule has 1 amide bonds. The predicted octanol–water partition coefficient (Wildman–Crippen LogP) is 1.11. The monoisotopic (exact) mass is 404 g/mol. The zero-order valence-electron chi connectivity index (χ0n) is 17.2. The Morgan fingerprint density at radius 2 is 1.61 bits per heavy atom. The van der Waals surface area contributed by atoms with Crippen LogP contribution in [-0.2, 0) is 16.4 Å².